The molecule has 1 unspecified atom stereocenters. The molecule has 6 heteroatoms. The number of aliphatic hydroxyl groups excluding tert-OH is 1. The molecule has 2 rings (SSSR count). The summed E-state index contributed by atoms with van der Waals surface area (Å²) in [5.41, 5.74) is 0.725. The van der Waals surface area contributed by atoms with Gasteiger partial charge in [-0.1, -0.05) is 25.4 Å². The molecule has 0 saturated carbocycles. The Balaban J connectivity index is 2.15. The first-order valence-electron chi connectivity index (χ1n) is 5.98. The molecule has 1 atom stereocenters. The lowest BCUT2D eigenvalue weighted by Gasteiger charge is -2.16. The van der Waals surface area contributed by atoms with E-state index in [0.29, 0.717) is 16.9 Å². The summed E-state index contributed by atoms with van der Waals surface area (Å²) in [6.45, 7) is 4.29. The van der Waals surface area contributed by atoms with Crippen LogP contribution in [0.1, 0.15) is 20.3 Å². The van der Waals surface area contributed by atoms with Gasteiger partial charge in [0.2, 0.25) is 5.95 Å². The summed E-state index contributed by atoms with van der Waals surface area (Å²) < 4.78 is 1.62. The van der Waals surface area contributed by atoms with Gasteiger partial charge in [-0.15, -0.1) is 5.10 Å². The number of rotatable bonds is 5. The summed E-state index contributed by atoms with van der Waals surface area (Å²) in [6, 6.07) is 3.54. The molecule has 0 bridgehead atoms. The number of anilines is 1. The fourth-order valence-corrected chi connectivity index (χ4v) is 2.01. The van der Waals surface area contributed by atoms with Gasteiger partial charge in [-0.3, -0.25) is 0 Å². The molecule has 0 aliphatic heterocycles. The number of aromatic nitrogens is 3. The largest absolute Gasteiger partial charge is 0.394 e. The molecule has 0 amide bonds. The molecule has 0 radical (unpaired) electrons. The molecule has 0 aromatic carbocycles. The average Bonchev–Trinajstić information content (AvgIpc) is 2.68. The number of halogens is 1. The molecule has 2 aromatic rings. The van der Waals surface area contributed by atoms with E-state index in [1.165, 1.54) is 0 Å². The van der Waals surface area contributed by atoms with Crippen LogP contribution in [-0.2, 0) is 0 Å². The Morgan fingerprint density at radius 1 is 1.44 bits per heavy atom. The van der Waals surface area contributed by atoms with E-state index in [0.717, 1.165) is 12.1 Å². The van der Waals surface area contributed by atoms with Gasteiger partial charge in [0, 0.05) is 6.20 Å². The van der Waals surface area contributed by atoms with E-state index in [9.17, 15) is 5.11 Å². The van der Waals surface area contributed by atoms with Gasteiger partial charge in [0.15, 0.2) is 5.65 Å². The van der Waals surface area contributed by atoms with Crippen molar-refractivity contribution in [2.24, 2.45) is 5.92 Å². The molecule has 0 aliphatic carbocycles. The summed E-state index contributed by atoms with van der Waals surface area (Å²) in [4.78, 5) is 4.32. The minimum Gasteiger partial charge on any atom is -0.394 e. The molecular weight excluding hydrogens is 252 g/mol. The number of pyridine rings is 1. The van der Waals surface area contributed by atoms with Gasteiger partial charge >= 0.3 is 0 Å². The van der Waals surface area contributed by atoms with Crippen molar-refractivity contribution in [3.8, 4) is 0 Å². The van der Waals surface area contributed by atoms with Crippen molar-refractivity contribution in [3.63, 3.8) is 0 Å². The van der Waals surface area contributed by atoms with Crippen LogP contribution in [0.4, 0.5) is 5.95 Å². The standard InChI is InChI=1S/C12H17ClN4O/c1-8(2)5-10(7-18)14-12-15-11-4-3-9(13)6-17(11)16-12/h3-4,6,8,10,18H,5,7H2,1-2H3,(H,14,16). The van der Waals surface area contributed by atoms with Crippen LogP contribution in [0.15, 0.2) is 18.3 Å². The van der Waals surface area contributed by atoms with E-state index in [2.05, 4.69) is 29.2 Å². The lowest BCUT2D eigenvalue weighted by Crippen LogP contribution is -2.26. The highest BCUT2D eigenvalue weighted by atomic mass is 35.5. The second-order valence-corrected chi connectivity index (χ2v) is 5.18. The number of aliphatic hydroxyl groups is 1. The van der Waals surface area contributed by atoms with Crippen molar-refractivity contribution in [1.29, 1.82) is 0 Å². The molecule has 2 heterocycles. The lowest BCUT2D eigenvalue weighted by molar-refractivity contribution is 0.259. The minimum absolute atomic E-state index is 0.0297. The fraction of sp³-hybridized carbons (Fsp3) is 0.500. The first-order valence-corrected chi connectivity index (χ1v) is 6.35. The molecule has 18 heavy (non-hydrogen) atoms. The number of hydrogen-bond donors (Lipinski definition) is 2. The summed E-state index contributed by atoms with van der Waals surface area (Å²) in [6.07, 6.45) is 2.57. The van der Waals surface area contributed by atoms with Crippen molar-refractivity contribution in [3.05, 3.63) is 23.4 Å². The Labute approximate surface area is 111 Å². The van der Waals surface area contributed by atoms with Gasteiger partial charge in [0.1, 0.15) is 0 Å². The molecular formula is C12H17ClN4O. The highest BCUT2D eigenvalue weighted by Gasteiger charge is 2.12. The Hall–Kier alpha value is -1.33. The highest BCUT2D eigenvalue weighted by molar-refractivity contribution is 6.30. The maximum atomic E-state index is 9.31. The van der Waals surface area contributed by atoms with Gasteiger partial charge in [0.05, 0.1) is 17.7 Å². The topological polar surface area (TPSA) is 62.5 Å². The second-order valence-electron chi connectivity index (χ2n) is 4.74. The number of nitrogens with zero attached hydrogens (tertiary/aromatic N) is 3. The molecule has 2 aromatic heterocycles. The van der Waals surface area contributed by atoms with E-state index in [1.54, 1.807) is 22.8 Å². The Morgan fingerprint density at radius 2 is 2.22 bits per heavy atom. The second kappa shape index (κ2) is 5.54. The third-order valence-electron chi connectivity index (χ3n) is 2.60. The van der Waals surface area contributed by atoms with Crippen LogP contribution in [0.5, 0.6) is 0 Å². The number of nitrogens with one attached hydrogen (secondary N) is 1. The Morgan fingerprint density at radius 3 is 2.89 bits per heavy atom. The van der Waals surface area contributed by atoms with Gasteiger partial charge in [-0.2, -0.15) is 4.98 Å². The SMILES string of the molecule is CC(C)CC(CO)Nc1nc2ccc(Cl)cn2n1. The highest BCUT2D eigenvalue weighted by Crippen LogP contribution is 2.13. The van der Waals surface area contributed by atoms with E-state index >= 15 is 0 Å². The molecule has 0 spiro atoms. The first kappa shape index (κ1) is 13.1. The predicted molar refractivity (Wildman–Crippen MR) is 71.9 cm³/mol. The third kappa shape index (κ3) is 3.11. The quantitative estimate of drug-likeness (QED) is 0.873. The molecule has 5 nitrogen and oxygen atoms in total. The summed E-state index contributed by atoms with van der Waals surface area (Å²) in [5, 5.41) is 17.3. The maximum absolute atomic E-state index is 9.31. The van der Waals surface area contributed by atoms with Crippen LogP contribution >= 0.6 is 11.6 Å². The zero-order valence-electron chi connectivity index (χ0n) is 10.5. The first-order chi connectivity index (χ1) is 8.58. The Bertz CT molecular complexity index is 526. The van der Waals surface area contributed by atoms with Crippen molar-refractivity contribution in [2.75, 3.05) is 11.9 Å². The van der Waals surface area contributed by atoms with Gasteiger partial charge in [-0.25, -0.2) is 4.52 Å². The van der Waals surface area contributed by atoms with Crippen LogP contribution in [0, 0.1) is 5.92 Å². The predicted octanol–water partition coefficient (Wildman–Crippen LogP) is 2.20. The summed E-state index contributed by atoms with van der Waals surface area (Å²) >= 11 is 5.88. The van der Waals surface area contributed by atoms with Crippen LogP contribution in [0.2, 0.25) is 5.02 Å². The molecule has 0 fully saturated rings. The maximum Gasteiger partial charge on any atom is 0.243 e. The van der Waals surface area contributed by atoms with Crippen molar-refractivity contribution < 1.29 is 5.11 Å². The van der Waals surface area contributed by atoms with Crippen molar-refractivity contribution in [2.45, 2.75) is 26.3 Å². The van der Waals surface area contributed by atoms with Crippen LogP contribution in [-0.4, -0.2) is 32.4 Å². The van der Waals surface area contributed by atoms with Crippen LogP contribution < -0.4 is 5.32 Å². The van der Waals surface area contributed by atoms with Gasteiger partial charge in [-0.05, 0) is 24.5 Å². The Kier molecular flexibility index (Phi) is 4.04. The van der Waals surface area contributed by atoms with E-state index in [1.807, 2.05) is 0 Å². The van der Waals surface area contributed by atoms with Gasteiger partial charge in [0.25, 0.3) is 0 Å². The zero-order valence-corrected chi connectivity index (χ0v) is 11.2. The van der Waals surface area contributed by atoms with Crippen LogP contribution in [0.3, 0.4) is 0 Å². The van der Waals surface area contributed by atoms with E-state index in [4.69, 9.17) is 11.6 Å². The van der Waals surface area contributed by atoms with E-state index in [-0.39, 0.29) is 12.6 Å². The normalized spacial score (nSPS) is 13.2. The molecule has 0 saturated heterocycles. The van der Waals surface area contributed by atoms with Crippen LogP contribution in [0.25, 0.3) is 5.65 Å². The summed E-state index contributed by atoms with van der Waals surface area (Å²) in [7, 11) is 0. The fourth-order valence-electron chi connectivity index (χ4n) is 1.85. The molecule has 2 N–H and O–H groups in total. The summed E-state index contributed by atoms with van der Waals surface area (Å²) in [5.74, 6) is 1.01. The number of fused-ring (bicyclic) bond motifs is 1. The van der Waals surface area contributed by atoms with E-state index < -0.39 is 0 Å². The zero-order chi connectivity index (χ0) is 13.1. The monoisotopic (exact) mass is 268 g/mol. The molecule has 0 aliphatic rings. The average molecular weight is 269 g/mol. The van der Waals surface area contributed by atoms with Crippen molar-refractivity contribution in [1.82, 2.24) is 14.6 Å². The lowest BCUT2D eigenvalue weighted by atomic mass is 10.0. The third-order valence-corrected chi connectivity index (χ3v) is 2.83. The van der Waals surface area contributed by atoms with Crippen molar-refractivity contribution >= 4 is 23.2 Å². The molecule has 98 valence electrons. The number of hydrogen-bond acceptors (Lipinski definition) is 4. The van der Waals surface area contributed by atoms with Gasteiger partial charge < -0.3 is 10.4 Å². The minimum atomic E-state index is -0.0297. The smallest absolute Gasteiger partial charge is 0.243 e.